The van der Waals surface area contributed by atoms with Gasteiger partial charge in [0, 0.05) is 17.5 Å². The van der Waals surface area contributed by atoms with Crippen molar-refractivity contribution in [3.63, 3.8) is 0 Å². The summed E-state index contributed by atoms with van der Waals surface area (Å²) in [7, 11) is 0. The van der Waals surface area contributed by atoms with Crippen LogP contribution in [0.2, 0.25) is 0 Å². The molecular formula is C14H17N3O. The average Bonchev–Trinajstić information content (AvgIpc) is 2.73. The van der Waals surface area contributed by atoms with Gasteiger partial charge in [-0.2, -0.15) is 5.10 Å². The summed E-state index contributed by atoms with van der Waals surface area (Å²) in [6.45, 7) is 9.44. The Morgan fingerprint density at radius 3 is 3.00 bits per heavy atom. The van der Waals surface area contributed by atoms with Gasteiger partial charge in [-0.05, 0) is 25.8 Å². The monoisotopic (exact) mass is 243 g/mol. The molecule has 1 unspecified atom stereocenters. The number of amides is 1. The van der Waals surface area contributed by atoms with Gasteiger partial charge in [-0.25, -0.2) is 4.68 Å². The number of nitrogens with one attached hydrogen (secondary N) is 1. The van der Waals surface area contributed by atoms with E-state index >= 15 is 0 Å². The van der Waals surface area contributed by atoms with Gasteiger partial charge in [-0.1, -0.05) is 19.2 Å². The molecule has 0 radical (unpaired) electrons. The van der Waals surface area contributed by atoms with Crippen LogP contribution in [-0.2, 0) is 4.79 Å². The molecule has 1 aliphatic rings. The van der Waals surface area contributed by atoms with Gasteiger partial charge in [0.25, 0.3) is 0 Å². The van der Waals surface area contributed by atoms with Crippen molar-refractivity contribution in [2.45, 2.75) is 25.7 Å². The molecule has 0 aliphatic carbocycles. The molecule has 1 aliphatic heterocycles. The molecule has 2 rings (SSSR count). The Balaban J connectivity index is 2.38. The second kappa shape index (κ2) is 5.04. The first-order valence-electron chi connectivity index (χ1n) is 5.98. The van der Waals surface area contributed by atoms with E-state index in [2.05, 4.69) is 23.6 Å². The summed E-state index contributed by atoms with van der Waals surface area (Å²) in [5, 5.41) is 7.03. The highest BCUT2D eigenvalue weighted by molar-refractivity contribution is 5.87. The molecule has 4 heteroatoms. The number of hydrogen-bond donors (Lipinski definition) is 1. The molecule has 18 heavy (non-hydrogen) atoms. The molecule has 1 atom stereocenters. The molecule has 0 saturated carbocycles. The lowest BCUT2D eigenvalue weighted by molar-refractivity contribution is -0.122. The standard InChI is InChI=1S/C14H17N3O/c1-4-6-13-12(9-15-17(13)5-2)11-8-7-10(3)16-14(11)18/h4-6,9,11H,2-3,7-8H2,1H3,(H,16,18)/b6-4-. The third kappa shape index (κ3) is 2.14. The maximum Gasteiger partial charge on any atom is 0.231 e. The van der Waals surface area contributed by atoms with Gasteiger partial charge >= 0.3 is 0 Å². The molecule has 1 aromatic rings. The second-order valence-electron chi connectivity index (χ2n) is 4.30. The summed E-state index contributed by atoms with van der Waals surface area (Å²) < 4.78 is 1.69. The third-order valence-electron chi connectivity index (χ3n) is 3.09. The predicted octanol–water partition coefficient (Wildman–Crippen LogP) is 2.52. The number of rotatable bonds is 3. The summed E-state index contributed by atoms with van der Waals surface area (Å²) in [5.74, 6) is -0.156. The van der Waals surface area contributed by atoms with Crippen LogP contribution in [-0.4, -0.2) is 15.7 Å². The van der Waals surface area contributed by atoms with E-state index in [-0.39, 0.29) is 11.8 Å². The van der Waals surface area contributed by atoms with Crippen molar-refractivity contribution in [1.29, 1.82) is 0 Å². The average molecular weight is 243 g/mol. The smallest absolute Gasteiger partial charge is 0.231 e. The van der Waals surface area contributed by atoms with Crippen molar-refractivity contribution < 1.29 is 4.79 Å². The zero-order valence-corrected chi connectivity index (χ0v) is 10.5. The largest absolute Gasteiger partial charge is 0.330 e. The molecule has 0 spiro atoms. The third-order valence-corrected chi connectivity index (χ3v) is 3.09. The van der Waals surface area contributed by atoms with E-state index in [0.717, 1.165) is 29.8 Å². The van der Waals surface area contributed by atoms with Crippen molar-refractivity contribution in [3.05, 3.63) is 42.4 Å². The van der Waals surface area contributed by atoms with Crippen LogP contribution in [0.15, 0.2) is 31.1 Å². The Morgan fingerprint density at radius 1 is 1.61 bits per heavy atom. The fourth-order valence-corrected chi connectivity index (χ4v) is 2.20. The number of carbonyl (C=O) groups is 1. The Labute approximate surface area is 107 Å². The lowest BCUT2D eigenvalue weighted by atomic mass is 9.90. The van der Waals surface area contributed by atoms with Gasteiger partial charge < -0.3 is 5.32 Å². The Kier molecular flexibility index (Phi) is 3.46. The summed E-state index contributed by atoms with van der Waals surface area (Å²) in [6.07, 6.45) is 8.84. The van der Waals surface area contributed by atoms with Gasteiger partial charge in [-0.15, -0.1) is 0 Å². The van der Waals surface area contributed by atoms with E-state index in [1.165, 1.54) is 0 Å². The highest BCUT2D eigenvalue weighted by Crippen LogP contribution is 2.30. The normalized spacial score (nSPS) is 20.2. The van der Waals surface area contributed by atoms with Crippen molar-refractivity contribution in [3.8, 4) is 0 Å². The zero-order valence-electron chi connectivity index (χ0n) is 10.5. The van der Waals surface area contributed by atoms with Crippen LogP contribution in [0.25, 0.3) is 12.3 Å². The van der Waals surface area contributed by atoms with Crippen LogP contribution < -0.4 is 5.32 Å². The van der Waals surface area contributed by atoms with Gasteiger partial charge in [0.05, 0.1) is 17.8 Å². The van der Waals surface area contributed by atoms with Crippen LogP contribution in [0.5, 0.6) is 0 Å². The maximum absolute atomic E-state index is 12.0. The molecule has 1 fully saturated rings. The number of hydrogen-bond acceptors (Lipinski definition) is 2. The van der Waals surface area contributed by atoms with Crippen LogP contribution in [0.1, 0.15) is 36.9 Å². The van der Waals surface area contributed by atoms with Gasteiger partial charge in [0.15, 0.2) is 0 Å². The molecule has 4 nitrogen and oxygen atoms in total. The molecule has 0 aromatic carbocycles. The van der Waals surface area contributed by atoms with Gasteiger partial charge in [0.2, 0.25) is 5.91 Å². The van der Waals surface area contributed by atoms with Crippen LogP contribution >= 0.6 is 0 Å². The first kappa shape index (κ1) is 12.4. The molecule has 1 aromatic heterocycles. The SMILES string of the molecule is C=Cn1ncc(C2CCC(=C)NC2=O)c1/C=C\C. The molecule has 0 bridgehead atoms. The molecule has 94 valence electrons. The van der Waals surface area contributed by atoms with E-state index < -0.39 is 0 Å². The van der Waals surface area contributed by atoms with Crippen LogP contribution in [0.3, 0.4) is 0 Å². The van der Waals surface area contributed by atoms with E-state index in [9.17, 15) is 4.79 Å². The first-order chi connectivity index (χ1) is 8.67. The number of carbonyl (C=O) groups excluding carboxylic acids is 1. The minimum absolute atomic E-state index is 0.000570. The number of piperidine rings is 1. The maximum atomic E-state index is 12.0. The quantitative estimate of drug-likeness (QED) is 0.886. The number of nitrogens with zero attached hydrogens (tertiary/aromatic N) is 2. The zero-order chi connectivity index (χ0) is 13.1. The van der Waals surface area contributed by atoms with E-state index in [0.29, 0.717) is 0 Å². The topological polar surface area (TPSA) is 46.9 Å². The Hall–Kier alpha value is -2.10. The molecule has 1 N–H and O–H groups in total. The highest BCUT2D eigenvalue weighted by atomic mass is 16.2. The Morgan fingerprint density at radius 2 is 2.39 bits per heavy atom. The molecule has 2 heterocycles. The second-order valence-corrected chi connectivity index (χ2v) is 4.30. The van der Waals surface area contributed by atoms with E-state index in [4.69, 9.17) is 0 Å². The Bertz CT molecular complexity index is 525. The van der Waals surface area contributed by atoms with E-state index in [1.54, 1.807) is 17.1 Å². The molecule has 1 saturated heterocycles. The van der Waals surface area contributed by atoms with Gasteiger partial charge in [-0.3, -0.25) is 4.79 Å². The summed E-state index contributed by atoms with van der Waals surface area (Å²) in [6, 6.07) is 0. The van der Waals surface area contributed by atoms with E-state index in [1.807, 2.05) is 19.1 Å². The summed E-state index contributed by atoms with van der Waals surface area (Å²) in [4.78, 5) is 12.0. The van der Waals surface area contributed by atoms with Gasteiger partial charge in [0.1, 0.15) is 0 Å². The lowest BCUT2D eigenvalue weighted by Gasteiger charge is -2.23. The van der Waals surface area contributed by atoms with Crippen molar-refractivity contribution in [2.75, 3.05) is 0 Å². The fourth-order valence-electron chi connectivity index (χ4n) is 2.20. The van der Waals surface area contributed by atoms with Crippen molar-refractivity contribution in [2.24, 2.45) is 0 Å². The minimum atomic E-state index is -0.157. The number of allylic oxidation sites excluding steroid dienone is 2. The van der Waals surface area contributed by atoms with Crippen LogP contribution in [0, 0.1) is 0 Å². The summed E-state index contributed by atoms with van der Waals surface area (Å²) in [5.41, 5.74) is 2.65. The summed E-state index contributed by atoms with van der Waals surface area (Å²) >= 11 is 0. The number of aromatic nitrogens is 2. The first-order valence-corrected chi connectivity index (χ1v) is 5.98. The molecular weight excluding hydrogens is 226 g/mol. The predicted molar refractivity (Wildman–Crippen MR) is 72.6 cm³/mol. The minimum Gasteiger partial charge on any atom is -0.330 e. The lowest BCUT2D eigenvalue weighted by Crippen LogP contribution is -2.33. The van der Waals surface area contributed by atoms with Crippen LogP contribution in [0.4, 0.5) is 0 Å². The van der Waals surface area contributed by atoms with Crippen molar-refractivity contribution >= 4 is 18.2 Å². The fraction of sp³-hybridized carbons (Fsp3) is 0.286. The highest BCUT2D eigenvalue weighted by Gasteiger charge is 2.28. The molecule has 1 amide bonds. The van der Waals surface area contributed by atoms with Crippen molar-refractivity contribution in [1.82, 2.24) is 15.1 Å².